The highest BCUT2D eigenvalue weighted by Crippen LogP contribution is 2.50. The van der Waals surface area contributed by atoms with Crippen LogP contribution >= 0.6 is 0 Å². The van der Waals surface area contributed by atoms with Crippen LogP contribution in [0.5, 0.6) is 11.5 Å². The molecule has 18 aromatic rings. The van der Waals surface area contributed by atoms with Crippen molar-refractivity contribution in [1.82, 2.24) is 9.13 Å². The second-order valence-corrected chi connectivity index (χ2v) is 33.6. The lowest BCUT2D eigenvalue weighted by Gasteiger charge is -2.26. The van der Waals surface area contributed by atoms with Crippen molar-refractivity contribution in [2.45, 2.75) is 153 Å². The van der Waals surface area contributed by atoms with Crippen molar-refractivity contribution in [3.05, 3.63) is 378 Å². The molecule has 16 aromatic carbocycles. The first-order valence-electron chi connectivity index (χ1n) is 46.2. The Morgan fingerprint density at radius 2 is 0.476 bits per heavy atom. The molecular formula is C118H118N6O2. The summed E-state index contributed by atoms with van der Waals surface area (Å²) >= 11 is 0. The molecule has 2 heterocycles. The van der Waals surface area contributed by atoms with Gasteiger partial charge < -0.3 is 38.2 Å². The zero-order valence-electron chi connectivity index (χ0n) is 75.6. The zero-order valence-corrected chi connectivity index (χ0v) is 75.6. The van der Waals surface area contributed by atoms with E-state index >= 15 is 0 Å². The average Bonchev–Trinajstić information content (AvgIpc) is 1.63. The summed E-state index contributed by atoms with van der Waals surface area (Å²) in [5.41, 5.74) is 33.5. The van der Waals surface area contributed by atoms with Gasteiger partial charge in [0.25, 0.3) is 0 Å². The maximum absolute atomic E-state index is 6.78. The number of aryl methyl sites for hydroxylation is 10. The number of unbranched alkanes of at least 4 members (excludes halogenated alkanes) is 2. The van der Waals surface area contributed by atoms with Crippen LogP contribution in [-0.4, -0.2) is 22.3 Å². The van der Waals surface area contributed by atoms with E-state index in [1.807, 2.05) is 0 Å². The maximum Gasteiger partial charge on any atom is 0.127 e. The number of nitrogens with zero attached hydrogens (tertiary/aromatic N) is 6. The fourth-order valence-corrected chi connectivity index (χ4v) is 18.1. The molecule has 0 saturated heterocycles. The third-order valence-electron chi connectivity index (χ3n) is 25.7. The number of anilines is 12. The third kappa shape index (κ3) is 17.3. The van der Waals surface area contributed by atoms with Gasteiger partial charge >= 0.3 is 0 Å². The molecule has 8 heteroatoms. The number of benzene rings is 16. The number of aromatic nitrogens is 2. The molecule has 0 fully saturated rings. The zero-order chi connectivity index (χ0) is 86.9. The molecule has 0 aliphatic carbocycles. The summed E-state index contributed by atoms with van der Waals surface area (Å²) in [6.07, 6.45) is 12.1. The summed E-state index contributed by atoms with van der Waals surface area (Å²) < 4.78 is 18.3. The van der Waals surface area contributed by atoms with Crippen molar-refractivity contribution in [3.63, 3.8) is 0 Å². The molecule has 0 N–H and O–H groups in total. The highest BCUT2D eigenvalue weighted by Gasteiger charge is 2.26. The minimum Gasteiger partial charge on any atom is -0.493 e. The number of hydrogen-bond donors (Lipinski definition) is 0. The van der Waals surface area contributed by atoms with Gasteiger partial charge in [-0.2, -0.15) is 0 Å². The van der Waals surface area contributed by atoms with Crippen molar-refractivity contribution in [2.24, 2.45) is 7.05 Å². The topological polar surface area (TPSA) is 41.3 Å². The lowest BCUT2D eigenvalue weighted by molar-refractivity contribution is 0.306. The van der Waals surface area contributed by atoms with Gasteiger partial charge in [-0.15, -0.1) is 0 Å². The first-order chi connectivity index (χ1) is 61.8. The van der Waals surface area contributed by atoms with Gasteiger partial charge in [0.2, 0.25) is 0 Å². The van der Waals surface area contributed by atoms with Crippen LogP contribution in [-0.2, 0) is 58.4 Å². The Hall–Kier alpha value is -13.6. The fraction of sp³-hybridized carbons (Fsp3) is 0.220. The SMILES string of the molecule is CCCCOc1ccc2cc(C)ccc2c1-c1c(OCCCC)ccc2cc(-n3c4ccc(N(c5ccc(CC)cc5)c5ccc(CC)cc5)cc4c4cc(N(c5ccc(CC)cc5)c5ccc(CC)cc5)ccc43)ccc12.CCc1ccc(N(c2ccc(CC)cc2)c2ccc3c(c2)c2cc(N(c4ccc(CC)cc4)c4ccc(CC)cc4)ccc2n3C)cc1. The van der Waals surface area contributed by atoms with E-state index in [4.69, 9.17) is 9.47 Å². The predicted molar refractivity (Wildman–Crippen MR) is 541 cm³/mol. The minimum absolute atomic E-state index is 0.644. The Balaban J connectivity index is 0.000000199. The second-order valence-electron chi connectivity index (χ2n) is 33.6. The molecule has 0 aliphatic rings. The summed E-state index contributed by atoms with van der Waals surface area (Å²) in [6.45, 7) is 25.6. The Labute approximate surface area is 746 Å². The van der Waals surface area contributed by atoms with Gasteiger partial charge in [-0.25, -0.2) is 0 Å². The van der Waals surface area contributed by atoms with Crippen LogP contribution < -0.4 is 29.1 Å². The third-order valence-corrected chi connectivity index (χ3v) is 25.7. The van der Waals surface area contributed by atoms with E-state index in [1.165, 1.54) is 88.0 Å². The summed E-state index contributed by atoms with van der Waals surface area (Å²) in [5.74, 6) is 1.77. The van der Waals surface area contributed by atoms with E-state index in [0.717, 1.165) is 201 Å². The van der Waals surface area contributed by atoms with E-state index < -0.39 is 0 Å². The molecule has 0 unspecified atom stereocenters. The molecule has 0 atom stereocenters. The molecule has 0 saturated carbocycles. The van der Waals surface area contributed by atoms with Gasteiger partial charge in [0.1, 0.15) is 11.5 Å². The van der Waals surface area contributed by atoms with Crippen molar-refractivity contribution in [1.29, 1.82) is 0 Å². The first-order valence-corrected chi connectivity index (χ1v) is 46.2. The first kappa shape index (κ1) is 84.6. The van der Waals surface area contributed by atoms with Crippen molar-refractivity contribution in [3.8, 4) is 28.3 Å². The number of hydrogen-bond acceptors (Lipinski definition) is 6. The molecule has 0 amide bonds. The molecule has 632 valence electrons. The molecule has 18 rings (SSSR count). The minimum atomic E-state index is 0.644. The molecule has 0 aliphatic heterocycles. The molecular weight excluding hydrogens is 1530 g/mol. The fourth-order valence-electron chi connectivity index (χ4n) is 18.1. The lowest BCUT2D eigenvalue weighted by atomic mass is 9.91. The van der Waals surface area contributed by atoms with Gasteiger partial charge in [-0.05, 0) is 331 Å². The quantitative estimate of drug-likeness (QED) is 0.0418. The van der Waals surface area contributed by atoms with Gasteiger partial charge in [0, 0.05) is 125 Å². The molecule has 8 nitrogen and oxygen atoms in total. The molecule has 0 radical (unpaired) electrons. The molecule has 2 aromatic heterocycles. The van der Waals surface area contributed by atoms with E-state index in [0.29, 0.717) is 13.2 Å². The standard InChI is InChI=1S/C73H73N3O2.C45H45N3/c1-8-14-44-77-70-42-25-55-46-50(7)16-38-64(55)72(70)73-65-39-35-61(47-56(65)26-43-71(73)78-45-15-9-2)76-68-40-36-62(74(57-27-17-51(10-3)18-28-57)58-29-19-52(11-4)20-30-58)48-66(68)67-49-63(37-41-69(67)76)75(59-31-21-53(12-5)22-32-59)60-33-23-54(13-6)24-34-60;1-6-32-10-18-36(19-11-32)47(37-20-12-33(7-2)13-21-37)40-26-28-44-42(30-40)43-31-41(27-29-45(43)46(44)5)48(38-22-14-34(8-3)15-23-38)39-24-16-35(9-4)17-25-39/h16-43,46-49H,8-15,44-45H2,1-7H3;10-31H,6-9H2,1-5H3. The normalized spacial score (nSPS) is 11.5. The number of fused-ring (bicyclic) bond motifs is 8. The van der Waals surface area contributed by atoms with Crippen LogP contribution in [0, 0.1) is 6.92 Å². The number of rotatable bonds is 30. The summed E-state index contributed by atoms with van der Waals surface area (Å²) in [6, 6.07) is 123. The average molecular weight is 1650 g/mol. The van der Waals surface area contributed by atoms with Crippen molar-refractivity contribution < 1.29 is 9.47 Å². The van der Waals surface area contributed by atoms with Crippen LogP contribution in [0.2, 0.25) is 0 Å². The maximum atomic E-state index is 6.78. The van der Waals surface area contributed by atoms with Crippen LogP contribution in [0.15, 0.2) is 328 Å². The highest BCUT2D eigenvalue weighted by molar-refractivity contribution is 6.15. The number of ether oxygens (including phenoxy) is 2. The Bertz CT molecular complexity index is 6320. The van der Waals surface area contributed by atoms with Gasteiger partial charge in [-0.3, -0.25) is 0 Å². The predicted octanol–water partition coefficient (Wildman–Crippen LogP) is 33.1. The van der Waals surface area contributed by atoms with Crippen LogP contribution in [0.4, 0.5) is 68.2 Å². The smallest absolute Gasteiger partial charge is 0.127 e. The van der Waals surface area contributed by atoms with Gasteiger partial charge in [0.15, 0.2) is 0 Å². The molecule has 0 spiro atoms. The largest absolute Gasteiger partial charge is 0.493 e. The highest BCUT2D eigenvalue weighted by atomic mass is 16.5. The van der Waals surface area contributed by atoms with Crippen molar-refractivity contribution >= 4 is 133 Å². The Morgan fingerprint density at radius 3 is 0.746 bits per heavy atom. The summed E-state index contributed by atoms with van der Waals surface area (Å²) in [5, 5.41) is 9.45. The van der Waals surface area contributed by atoms with E-state index in [-0.39, 0.29) is 0 Å². The van der Waals surface area contributed by atoms with Crippen LogP contribution in [0.1, 0.15) is 145 Å². The van der Waals surface area contributed by atoms with Crippen LogP contribution in [0.3, 0.4) is 0 Å². The summed E-state index contributed by atoms with van der Waals surface area (Å²) in [7, 11) is 2.18. The molecule has 0 bridgehead atoms. The monoisotopic (exact) mass is 1650 g/mol. The van der Waals surface area contributed by atoms with E-state index in [2.05, 4.69) is 440 Å². The Morgan fingerprint density at radius 1 is 0.230 bits per heavy atom. The van der Waals surface area contributed by atoms with Crippen LogP contribution in [0.25, 0.3) is 82.0 Å². The summed E-state index contributed by atoms with van der Waals surface area (Å²) in [4.78, 5) is 9.60. The molecule has 126 heavy (non-hydrogen) atoms. The second kappa shape index (κ2) is 38.3. The van der Waals surface area contributed by atoms with Gasteiger partial charge in [0.05, 0.1) is 24.2 Å². The Kier molecular flexibility index (Phi) is 25.7. The van der Waals surface area contributed by atoms with Crippen molar-refractivity contribution in [2.75, 3.05) is 32.8 Å². The van der Waals surface area contributed by atoms with Gasteiger partial charge in [-0.1, -0.05) is 221 Å². The van der Waals surface area contributed by atoms with E-state index in [1.54, 1.807) is 0 Å². The van der Waals surface area contributed by atoms with E-state index in [9.17, 15) is 0 Å². The lowest BCUT2D eigenvalue weighted by Crippen LogP contribution is -2.10.